The van der Waals surface area contributed by atoms with E-state index in [1.165, 1.54) is 19.4 Å². The Morgan fingerprint density at radius 1 is 1.71 bits per heavy atom. The van der Waals surface area contributed by atoms with Gasteiger partial charge in [-0.2, -0.15) is 0 Å². The molecule has 5 heteroatoms. The molecule has 1 N–H and O–H groups in total. The lowest BCUT2D eigenvalue weighted by molar-refractivity contribution is -0.116. The van der Waals surface area contributed by atoms with Crippen LogP contribution >= 0.6 is 0 Å². The van der Waals surface area contributed by atoms with Gasteiger partial charge < -0.3 is 10.1 Å². The summed E-state index contributed by atoms with van der Waals surface area (Å²) in [6.07, 6.45) is 4.26. The molecule has 0 spiro atoms. The van der Waals surface area contributed by atoms with E-state index >= 15 is 0 Å². The number of rotatable bonds is 4. The second-order valence-corrected chi connectivity index (χ2v) is 2.47. The van der Waals surface area contributed by atoms with Gasteiger partial charge in [-0.25, -0.2) is 4.98 Å². The third kappa shape index (κ3) is 2.85. The molecular weight excluding hydrogens is 182 g/mol. The van der Waals surface area contributed by atoms with E-state index in [-0.39, 0.29) is 5.91 Å². The van der Waals surface area contributed by atoms with Crippen LogP contribution in [0.2, 0.25) is 0 Å². The van der Waals surface area contributed by atoms with Gasteiger partial charge in [0, 0.05) is 0 Å². The highest BCUT2D eigenvalue weighted by molar-refractivity contribution is 5.86. The first-order valence-electron chi connectivity index (χ1n) is 4.01. The van der Waals surface area contributed by atoms with Crippen LogP contribution in [0.3, 0.4) is 0 Å². The summed E-state index contributed by atoms with van der Waals surface area (Å²) < 4.78 is 4.88. The van der Waals surface area contributed by atoms with E-state index in [2.05, 4.69) is 21.9 Å². The quantitative estimate of drug-likeness (QED) is 0.698. The van der Waals surface area contributed by atoms with E-state index in [0.717, 1.165) is 0 Å². The highest BCUT2D eigenvalue weighted by atomic mass is 16.5. The molecule has 0 bridgehead atoms. The first-order valence-corrected chi connectivity index (χ1v) is 4.01. The summed E-state index contributed by atoms with van der Waals surface area (Å²) in [7, 11) is 1.51. The molecule has 0 fully saturated rings. The van der Waals surface area contributed by atoms with Crippen LogP contribution in [0.15, 0.2) is 25.0 Å². The zero-order valence-corrected chi connectivity index (χ0v) is 7.86. The number of nitrogens with one attached hydrogen (secondary N) is 1. The molecule has 14 heavy (non-hydrogen) atoms. The van der Waals surface area contributed by atoms with E-state index in [1.54, 1.807) is 6.20 Å². The third-order valence-electron chi connectivity index (χ3n) is 1.50. The van der Waals surface area contributed by atoms with Crippen LogP contribution in [-0.4, -0.2) is 23.0 Å². The Bertz CT molecular complexity index is 339. The minimum absolute atomic E-state index is 0.241. The number of carbonyl (C=O) groups excluding carboxylic acids is 1. The van der Waals surface area contributed by atoms with Gasteiger partial charge in [-0.1, -0.05) is 6.58 Å². The lowest BCUT2D eigenvalue weighted by Gasteiger charge is -2.02. The Kier molecular flexibility index (Phi) is 3.60. The van der Waals surface area contributed by atoms with Crippen molar-refractivity contribution in [2.45, 2.75) is 6.54 Å². The van der Waals surface area contributed by atoms with Crippen LogP contribution in [0, 0.1) is 0 Å². The normalized spacial score (nSPS) is 9.21. The molecule has 0 radical (unpaired) electrons. The molecule has 1 amide bonds. The fraction of sp³-hybridized carbons (Fsp3) is 0.222. The van der Waals surface area contributed by atoms with Crippen LogP contribution in [0.5, 0.6) is 5.88 Å². The number of ether oxygens (including phenoxy) is 1. The molecule has 0 saturated heterocycles. The number of methoxy groups -OCH3 is 1. The van der Waals surface area contributed by atoms with Crippen molar-refractivity contribution in [3.8, 4) is 5.88 Å². The highest BCUT2D eigenvalue weighted by Crippen LogP contribution is 2.03. The number of aromatic nitrogens is 2. The molecule has 0 saturated carbocycles. The molecule has 0 aromatic carbocycles. The molecule has 0 unspecified atom stereocenters. The Balaban J connectivity index is 2.58. The summed E-state index contributed by atoms with van der Waals surface area (Å²) in [5.74, 6) is 0.185. The van der Waals surface area contributed by atoms with Crippen LogP contribution in [-0.2, 0) is 11.3 Å². The van der Waals surface area contributed by atoms with Crippen LogP contribution in [0.4, 0.5) is 0 Å². The molecular formula is C9H11N3O2. The van der Waals surface area contributed by atoms with Crippen molar-refractivity contribution in [2.75, 3.05) is 7.11 Å². The summed E-state index contributed by atoms with van der Waals surface area (Å²) >= 11 is 0. The number of hydrogen-bond donors (Lipinski definition) is 1. The summed E-state index contributed by atoms with van der Waals surface area (Å²) in [5, 5.41) is 2.58. The molecule has 1 rings (SSSR count). The van der Waals surface area contributed by atoms with Gasteiger partial charge >= 0.3 is 0 Å². The van der Waals surface area contributed by atoms with Crippen molar-refractivity contribution in [1.29, 1.82) is 0 Å². The minimum Gasteiger partial charge on any atom is -0.480 e. The van der Waals surface area contributed by atoms with Gasteiger partial charge in [0.2, 0.25) is 11.8 Å². The van der Waals surface area contributed by atoms with Crippen LogP contribution in [0.1, 0.15) is 5.69 Å². The summed E-state index contributed by atoms with van der Waals surface area (Å²) in [6, 6.07) is 0. The Morgan fingerprint density at radius 2 is 2.50 bits per heavy atom. The van der Waals surface area contributed by atoms with Gasteiger partial charge in [0.25, 0.3) is 0 Å². The Morgan fingerprint density at radius 3 is 3.14 bits per heavy atom. The number of amides is 1. The van der Waals surface area contributed by atoms with Gasteiger partial charge in [-0.15, -0.1) is 0 Å². The molecule has 1 aromatic rings. The number of carbonyl (C=O) groups is 1. The minimum atomic E-state index is -0.241. The molecule has 74 valence electrons. The van der Waals surface area contributed by atoms with E-state index in [9.17, 15) is 4.79 Å². The zero-order chi connectivity index (χ0) is 10.4. The SMILES string of the molecule is C=CC(=O)NCc1cncc(OC)n1. The van der Waals surface area contributed by atoms with Crippen LogP contribution < -0.4 is 10.1 Å². The van der Waals surface area contributed by atoms with E-state index in [1.807, 2.05) is 0 Å². The van der Waals surface area contributed by atoms with Gasteiger partial charge in [-0.05, 0) is 6.08 Å². The highest BCUT2D eigenvalue weighted by Gasteiger charge is 1.99. The summed E-state index contributed by atoms with van der Waals surface area (Å²) in [6.45, 7) is 3.65. The van der Waals surface area contributed by atoms with E-state index in [4.69, 9.17) is 4.74 Å². The maximum absolute atomic E-state index is 10.8. The molecule has 0 aliphatic carbocycles. The lowest BCUT2D eigenvalue weighted by Crippen LogP contribution is -2.20. The monoisotopic (exact) mass is 193 g/mol. The molecule has 0 atom stereocenters. The zero-order valence-electron chi connectivity index (χ0n) is 7.86. The van der Waals surface area contributed by atoms with Gasteiger partial charge in [-0.3, -0.25) is 9.78 Å². The van der Waals surface area contributed by atoms with E-state index < -0.39 is 0 Å². The molecule has 5 nitrogen and oxygen atoms in total. The third-order valence-corrected chi connectivity index (χ3v) is 1.50. The second kappa shape index (κ2) is 4.96. The fourth-order valence-electron chi connectivity index (χ4n) is 0.820. The lowest BCUT2D eigenvalue weighted by atomic mass is 10.4. The fourth-order valence-corrected chi connectivity index (χ4v) is 0.820. The number of hydrogen-bond acceptors (Lipinski definition) is 4. The molecule has 1 heterocycles. The van der Waals surface area contributed by atoms with Gasteiger partial charge in [0.05, 0.1) is 31.7 Å². The van der Waals surface area contributed by atoms with Gasteiger partial charge in [0.15, 0.2) is 0 Å². The first kappa shape index (κ1) is 10.2. The standard InChI is InChI=1S/C9H11N3O2/c1-3-8(13)11-5-7-4-10-6-9(12-7)14-2/h3-4,6H,1,5H2,2H3,(H,11,13). The van der Waals surface area contributed by atoms with Crippen molar-refractivity contribution >= 4 is 5.91 Å². The van der Waals surface area contributed by atoms with Gasteiger partial charge in [0.1, 0.15) is 0 Å². The summed E-state index contributed by atoms with van der Waals surface area (Å²) in [5.41, 5.74) is 0.638. The van der Waals surface area contributed by atoms with Crippen molar-refractivity contribution < 1.29 is 9.53 Å². The Labute approximate surface area is 81.8 Å². The average Bonchev–Trinajstić information content (AvgIpc) is 2.26. The van der Waals surface area contributed by atoms with E-state index in [0.29, 0.717) is 18.1 Å². The number of nitrogens with zero attached hydrogens (tertiary/aromatic N) is 2. The van der Waals surface area contributed by atoms with Crippen LogP contribution in [0.25, 0.3) is 0 Å². The maximum atomic E-state index is 10.8. The van der Waals surface area contributed by atoms with Crippen molar-refractivity contribution in [1.82, 2.24) is 15.3 Å². The first-order chi connectivity index (χ1) is 6.76. The predicted molar refractivity (Wildman–Crippen MR) is 50.6 cm³/mol. The molecule has 0 aliphatic heterocycles. The van der Waals surface area contributed by atoms with Crippen molar-refractivity contribution in [2.24, 2.45) is 0 Å². The Hall–Kier alpha value is -1.91. The smallest absolute Gasteiger partial charge is 0.243 e. The topological polar surface area (TPSA) is 64.1 Å². The average molecular weight is 193 g/mol. The predicted octanol–water partition coefficient (Wildman–Crippen LogP) is 0.287. The summed E-state index contributed by atoms with van der Waals surface area (Å²) in [4.78, 5) is 18.8. The maximum Gasteiger partial charge on any atom is 0.243 e. The second-order valence-electron chi connectivity index (χ2n) is 2.47. The van der Waals surface area contributed by atoms with Crippen molar-refractivity contribution in [3.63, 3.8) is 0 Å². The molecule has 0 aliphatic rings. The largest absolute Gasteiger partial charge is 0.480 e. The molecule has 1 aromatic heterocycles. The van der Waals surface area contributed by atoms with Crippen molar-refractivity contribution in [3.05, 3.63) is 30.7 Å².